The van der Waals surface area contributed by atoms with E-state index in [9.17, 15) is 9.59 Å². The molecule has 0 atom stereocenters. The van der Waals surface area contributed by atoms with Crippen LogP contribution in [0.25, 0.3) is 0 Å². The minimum atomic E-state index is -0.907. The first-order valence-electron chi connectivity index (χ1n) is 7.20. The number of hydrogen-bond donors (Lipinski definition) is 2. The Hall–Kier alpha value is -2.04. The van der Waals surface area contributed by atoms with Gasteiger partial charge in [-0.05, 0) is 37.5 Å². The van der Waals surface area contributed by atoms with Crippen LogP contribution in [0, 0.1) is 0 Å². The van der Waals surface area contributed by atoms with E-state index in [2.05, 4.69) is 19.2 Å². The first kappa shape index (κ1) is 17.0. The highest BCUT2D eigenvalue weighted by molar-refractivity contribution is 5.89. The Morgan fingerprint density at radius 3 is 2.43 bits per heavy atom. The summed E-state index contributed by atoms with van der Waals surface area (Å²) in [6, 6.07) is 7.37. The van der Waals surface area contributed by atoms with Gasteiger partial charge in [-0.25, -0.2) is 4.79 Å². The molecule has 0 fully saturated rings. The van der Waals surface area contributed by atoms with Crippen molar-refractivity contribution in [3.63, 3.8) is 0 Å². The molecule has 0 saturated heterocycles. The van der Waals surface area contributed by atoms with Crippen LogP contribution < -0.4 is 5.32 Å². The summed E-state index contributed by atoms with van der Waals surface area (Å²) in [4.78, 5) is 24.5. The van der Waals surface area contributed by atoms with Gasteiger partial charge < -0.3 is 15.3 Å². The molecular formula is C16H24N2O3. The van der Waals surface area contributed by atoms with Crippen molar-refractivity contribution in [2.24, 2.45) is 0 Å². The van der Waals surface area contributed by atoms with Crippen molar-refractivity contribution in [1.29, 1.82) is 0 Å². The number of carboxylic acid groups (broad SMARTS) is 1. The Labute approximate surface area is 126 Å². The van der Waals surface area contributed by atoms with Gasteiger partial charge in [0.25, 0.3) is 0 Å². The lowest BCUT2D eigenvalue weighted by molar-refractivity contribution is -0.137. The van der Waals surface area contributed by atoms with Crippen LogP contribution in [0.15, 0.2) is 24.3 Å². The summed E-state index contributed by atoms with van der Waals surface area (Å²) in [6.07, 6.45) is -0.0579. The number of carbonyl (C=O) groups is 2. The largest absolute Gasteiger partial charge is 0.481 e. The highest BCUT2D eigenvalue weighted by Crippen LogP contribution is 2.19. The first-order chi connectivity index (χ1) is 9.81. The summed E-state index contributed by atoms with van der Waals surface area (Å²) in [6.45, 7) is 8.11. The fourth-order valence-electron chi connectivity index (χ4n) is 1.98. The molecule has 0 bridgehead atoms. The van der Waals surface area contributed by atoms with Crippen LogP contribution >= 0.6 is 0 Å². The molecule has 2 N–H and O–H groups in total. The maximum atomic E-state index is 12.3. The van der Waals surface area contributed by atoms with Gasteiger partial charge in [0.15, 0.2) is 0 Å². The summed E-state index contributed by atoms with van der Waals surface area (Å²) >= 11 is 0. The van der Waals surface area contributed by atoms with Crippen molar-refractivity contribution < 1.29 is 14.7 Å². The predicted molar refractivity (Wildman–Crippen MR) is 83.6 cm³/mol. The molecule has 21 heavy (non-hydrogen) atoms. The average Bonchev–Trinajstić information content (AvgIpc) is 2.38. The molecule has 0 saturated carbocycles. The fourth-order valence-corrected chi connectivity index (χ4v) is 1.98. The second-order valence-corrected chi connectivity index (χ2v) is 5.64. The number of amides is 2. The molecule has 0 aliphatic rings. The zero-order chi connectivity index (χ0) is 16.0. The Morgan fingerprint density at radius 1 is 1.24 bits per heavy atom. The van der Waals surface area contributed by atoms with E-state index in [4.69, 9.17) is 5.11 Å². The van der Waals surface area contributed by atoms with Crippen LogP contribution in [0.3, 0.4) is 0 Å². The minimum absolute atomic E-state index is 0.0577. The molecule has 116 valence electrons. The van der Waals surface area contributed by atoms with Gasteiger partial charge in [-0.15, -0.1) is 0 Å². The summed E-state index contributed by atoms with van der Waals surface area (Å²) < 4.78 is 0. The molecule has 0 aliphatic carbocycles. The lowest BCUT2D eigenvalue weighted by Crippen LogP contribution is -2.41. The van der Waals surface area contributed by atoms with Crippen LogP contribution in [0.1, 0.15) is 45.6 Å². The molecule has 0 unspecified atom stereocenters. The summed E-state index contributed by atoms with van der Waals surface area (Å²) in [5, 5.41) is 11.6. The van der Waals surface area contributed by atoms with Crippen molar-refractivity contribution in [2.45, 2.75) is 46.1 Å². The summed E-state index contributed by atoms with van der Waals surface area (Å²) in [5.74, 6) is -0.523. The molecule has 0 radical (unpaired) electrons. The molecule has 5 heteroatoms. The quantitative estimate of drug-likeness (QED) is 0.842. The number of rotatable bonds is 6. The van der Waals surface area contributed by atoms with E-state index < -0.39 is 5.97 Å². The van der Waals surface area contributed by atoms with Crippen LogP contribution in [0.4, 0.5) is 10.5 Å². The van der Waals surface area contributed by atoms with Crippen molar-refractivity contribution in [3.8, 4) is 0 Å². The van der Waals surface area contributed by atoms with E-state index in [1.165, 1.54) is 4.90 Å². The van der Waals surface area contributed by atoms with Crippen molar-refractivity contribution in [3.05, 3.63) is 29.8 Å². The number of carboxylic acids is 1. The molecule has 1 aromatic carbocycles. The van der Waals surface area contributed by atoms with Gasteiger partial charge in [-0.3, -0.25) is 4.79 Å². The van der Waals surface area contributed by atoms with Gasteiger partial charge in [-0.1, -0.05) is 26.0 Å². The van der Waals surface area contributed by atoms with Crippen LogP contribution in [0.2, 0.25) is 0 Å². The normalized spacial score (nSPS) is 10.8. The molecular weight excluding hydrogens is 268 g/mol. The van der Waals surface area contributed by atoms with Crippen LogP contribution in [0.5, 0.6) is 0 Å². The minimum Gasteiger partial charge on any atom is -0.481 e. The summed E-state index contributed by atoms with van der Waals surface area (Å²) in [5.41, 5.74) is 1.88. The number of benzene rings is 1. The molecule has 0 spiro atoms. The maximum Gasteiger partial charge on any atom is 0.322 e. The second-order valence-electron chi connectivity index (χ2n) is 5.64. The van der Waals surface area contributed by atoms with Gasteiger partial charge in [0.05, 0.1) is 6.42 Å². The monoisotopic (exact) mass is 292 g/mol. The lowest BCUT2D eigenvalue weighted by atomic mass is 10.0. The molecule has 2 amide bonds. The molecule has 5 nitrogen and oxygen atoms in total. The molecule has 0 heterocycles. The maximum absolute atomic E-state index is 12.3. The van der Waals surface area contributed by atoms with E-state index in [0.717, 1.165) is 11.3 Å². The third-order valence-electron chi connectivity index (χ3n) is 3.26. The Morgan fingerprint density at radius 2 is 1.90 bits per heavy atom. The lowest BCUT2D eigenvalue weighted by Gasteiger charge is -2.26. The topological polar surface area (TPSA) is 69.6 Å². The summed E-state index contributed by atoms with van der Waals surface area (Å²) in [7, 11) is 0. The van der Waals surface area contributed by atoms with Gasteiger partial charge in [0.1, 0.15) is 0 Å². The number of aliphatic carboxylic acids is 1. The van der Waals surface area contributed by atoms with Gasteiger partial charge in [-0.2, -0.15) is 0 Å². The number of anilines is 1. The van der Waals surface area contributed by atoms with Crippen molar-refractivity contribution in [1.82, 2.24) is 4.90 Å². The Kier molecular flexibility index (Phi) is 6.21. The van der Waals surface area contributed by atoms with E-state index in [1.807, 2.05) is 38.1 Å². The molecule has 1 aromatic rings. The first-order valence-corrected chi connectivity index (χ1v) is 7.20. The van der Waals surface area contributed by atoms with Gasteiger partial charge in [0, 0.05) is 18.3 Å². The molecule has 1 rings (SSSR count). The average molecular weight is 292 g/mol. The Balaban J connectivity index is 2.76. The smallest absolute Gasteiger partial charge is 0.322 e. The number of hydrogen-bond acceptors (Lipinski definition) is 2. The van der Waals surface area contributed by atoms with E-state index in [-0.39, 0.29) is 25.0 Å². The standard InChI is InChI=1S/C16H24N2O3/c1-11(2)13-6-5-7-14(10-13)17-16(21)18(12(3)4)9-8-15(19)20/h5-7,10-12H,8-9H2,1-4H3,(H,17,21)(H,19,20). The van der Waals surface area contributed by atoms with Crippen molar-refractivity contribution in [2.75, 3.05) is 11.9 Å². The number of nitrogens with zero attached hydrogens (tertiary/aromatic N) is 1. The third kappa shape index (κ3) is 5.45. The van der Waals surface area contributed by atoms with E-state index in [1.54, 1.807) is 0 Å². The number of carbonyl (C=O) groups excluding carboxylic acids is 1. The zero-order valence-electron chi connectivity index (χ0n) is 13.1. The number of nitrogens with one attached hydrogen (secondary N) is 1. The predicted octanol–water partition coefficient (Wildman–Crippen LogP) is 3.53. The van der Waals surface area contributed by atoms with Crippen LogP contribution in [-0.2, 0) is 4.79 Å². The Bertz CT molecular complexity index is 498. The highest BCUT2D eigenvalue weighted by Gasteiger charge is 2.18. The zero-order valence-corrected chi connectivity index (χ0v) is 13.1. The highest BCUT2D eigenvalue weighted by atomic mass is 16.4. The van der Waals surface area contributed by atoms with Crippen molar-refractivity contribution >= 4 is 17.7 Å². The van der Waals surface area contributed by atoms with Gasteiger partial charge in [0.2, 0.25) is 0 Å². The van der Waals surface area contributed by atoms with E-state index >= 15 is 0 Å². The van der Waals surface area contributed by atoms with Gasteiger partial charge >= 0.3 is 12.0 Å². The molecule has 0 aromatic heterocycles. The SMILES string of the molecule is CC(C)c1cccc(NC(=O)N(CCC(=O)O)C(C)C)c1. The second kappa shape index (κ2) is 7.67. The van der Waals surface area contributed by atoms with Crippen LogP contribution in [-0.4, -0.2) is 34.6 Å². The third-order valence-corrected chi connectivity index (χ3v) is 3.26. The van der Waals surface area contributed by atoms with E-state index in [0.29, 0.717) is 5.92 Å². The number of urea groups is 1. The fraction of sp³-hybridized carbons (Fsp3) is 0.500. The molecule has 0 aliphatic heterocycles.